The van der Waals surface area contributed by atoms with Crippen molar-refractivity contribution in [3.8, 4) is 0 Å². The highest BCUT2D eigenvalue weighted by Crippen LogP contribution is 2.10. The molecule has 0 saturated heterocycles. The molecule has 0 saturated carbocycles. The first-order valence-corrected chi connectivity index (χ1v) is 7.40. The number of nitrogens with one attached hydrogen (secondary N) is 1. The van der Waals surface area contributed by atoms with Crippen molar-refractivity contribution in [2.75, 3.05) is 44.8 Å². The normalized spacial score (nSPS) is 10.4. The highest BCUT2D eigenvalue weighted by molar-refractivity contribution is 5.93. The van der Waals surface area contributed by atoms with Crippen molar-refractivity contribution < 1.29 is 14.6 Å². The van der Waals surface area contributed by atoms with E-state index in [1.54, 1.807) is 17.2 Å². The van der Waals surface area contributed by atoms with Gasteiger partial charge >= 0.3 is 0 Å². The molecule has 1 rings (SSSR count). The zero-order valence-corrected chi connectivity index (χ0v) is 12.8. The lowest BCUT2D eigenvalue weighted by atomic mass is 10.2. The van der Waals surface area contributed by atoms with Crippen LogP contribution in [0.15, 0.2) is 18.3 Å². The summed E-state index contributed by atoms with van der Waals surface area (Å²) in [7, 11) is 0. The molecule has 1 heterocycles. The fraction of sp³-hybridized carbons (Fsp3) is 0.600. The van der Waals surface area contributed by atoms with Gasteiger partial charge in [0.1, 0.15) is 5.69 Å². The van der Waals surface area contributed by atoms with Gasteiger partial charge in [-0.3, -0.25) is 9.78 Å². The first-order chi connectivity index (χ1) is 10.2. The van der Waals surface area contributed by atoms with Gasteiger partial charge in [0.25, 0.3) is 5.91 Å². The Kier molecular flexibility index (Phi) is 8.38. The van der Waals surface area contributed by atoms with Crippen LogP contribution in [0.4, 0.5) is 5.69 Å². The van der Waals surface area contributed by atoms with Crippen molar-refractivity contribution in [3.05, 3.63) is 24.0 Å². The van der Waals surface area contributed by atoms with Gasteiger partial charge in [-0.2, -0.15) is 0 Å². The van der Waals surface area contributed by atoms with E-state index in [1.807, 2.05) is 19.9 Å². The third kappa shape index (κ3) is 6.10. The topological polar surface area (TPSA) is 74.7 Å². The molecule has 0 radical (unpaired) electrons. The van der Waals surface area contributed by atoms with E-state index in [9.17, 15) is 4.79 Å². The van der Waals surface area contributed by atoms with Crippen LogP contribution in [0.5, 0.6) is 0 Å². The summed E-state index contributed by atoms with van der Waals surface area (Å²) in [6.45, 7) is 7.03. The van der Waals surface area contributed by atoms with Gasteiger partial charge in [0.05, 0.1) is 13.2 Å². The standard InChI is InChI=1S/C15H25N3O3/c1-3-18(4-2)15(20)14-12-13(6-8-17-14)16-7-5-10-21-11-9-19/h6,8,12,19H,3-5,7,9-11H2,1-2H3,(H,16,17). The monoisotopic (exact) mass is 295 g/mol. The molecule has 0 atom stereocenters. The number of aliphatic hydroxyl groups excluding tert-OH is 1. The van der Waals surface area contributed by atoms with E-state index in [1.165, 1.54) is 0 Å². The smallest absolute Gasteiger partial charge is 0.272 e. The summed E-state index contributed by atoms with van der Waals surface area (Å²) in [5.41, 5.74) is 1.34. The Hall–Kier alpha value is -1.66. The number of aliphatic hydroxyl groups is 1. The third-order valence-electron chi connectivity index (χ3n) is 3.06. The molecule has 0 aliphatic carbocycles. The summed E-state index contributed by atoms with van der Waals surface area (Å²) >= 11 is 0. The molecule has 118 valence electrons. The molecule has 1 aromatic heterocycles. The molecule has 0 fully saturated rings. The molecule has 1 amide bonds. The minimum atomic E-state index is -0.0464. The number of anilines is 1. The summed E-state index contributed by atoms with van der Waals surface area (Å²) in [5.74, 6) is -0.0464. The molecule has 0 aliphatic heterocycles. The number of pyridine rings is 1. The highest BCUT2D eigenvalue weighted by atomic mass is 16.5. The van der Waals surface area contributed by atoms with E-state index in [4.69, 9.17) is 9.84 Å². The molecular formula is C15H25N3O3. The predicted octanol–water partition coefficient (Wildman–Crippen LogP) is 1.37. The van der Waals surface area contributed by atoms with Crippen molar-refractivity contribution in [2.45, 2.75) is 20.3 Å². The lowest BCUT2D eigenvalue weighted by Crippen LogP contribution is -2.31. The van der Waals surface area contributed by atoms with Gasteiger partial charge in [0.15, 0.2) is 0 Å². The van der Waals surface area contributed by atoms with Crippen molar-refractivity contribution in [2.24, 2.45) is 0 Å². The minimum Gasteiger partial charge on any atom is -0.394 e. The maximum absolute atomic E-state index is 12.2. The Morgan fingerprint density at radius 2 is 2.14 bits per heavy atom. The summed E-state index contributed by atoms with van der Waals surface area (Å²) in [6, 6.07) is 3.61. The van der Waals surface area contributed by atoms with E-state index in [2.05, 4.69) is 10.3 Å². The quantitative estimate of drug-likeness (QED) is 0.638. The molecular weight excluding hydrogens is 270 g/mol. The summed E-state index contributed by atoms with van der Waals surface area (Å²) in [6.07, 6.45) is 2.48. The van der Waals surface area contributed by atoms with Crippen LogP contribution in [0.3, 0.4) is 0 Å². The Morgan fingerprint density at radius 1 is 1.38 bits per heavy atom. The average Bonchev–Trinajstić information content (AvgIpc) is 2.52. The zero-order valence-electron chi connectivity index (χ0n) is 12.8. The summed E-state index contributed by atoms with van der Waals surface area (Å²) < 4.78 is 5.18. The zero-order chi connectivity index (χ0) is 15.5. The van der Waals surface area contributed by atoms with Crippen LogP contribution in [0.2, 0.25) is 0 Å². The predicted molar refractivity (Wildman–Crippen MR) is 82.5 cm³/mol. The second-order valence-corrected chi connectivity index (χ2v) is 4.52. The van der Waals surface area contributed by atoms with Gasteiger partial charge < -0.3 is 20.1 Å². The molecule has 6 nitrogen and oxygen atoms in total. The van der Waals surface area contributed by atoms with Crippen molar-refractivity contribution >= 4 is 11.6 Å². The minimum absolute atomic E-state index is 0.0464. The lowest BCUT2D eigenvalue weighted by Gasteiger charge is -2.18. The highest BCUT2D eigenvalue weighted by Gasteiger charge is 2.13. The van der Waals surface area contributed by atoms with Gasteiger partial charge in [-0.05, 0) is 32.4 Å². The van der Waals surface area contributed by atoms with Crippen LogP contribution in [0, 0.1) is 0 Å². The number of amides is 1. The van der Waals surface area contributed by atoms with E-state index in [0.29, 0.717) is 32.0 Å². The fourth-order valence-corrected chi connectivity index (χ4v) is 1.90. The number of nitrogens with zero attached hydrogens (tertiary/aromatic N) is 2. The van der Waals surface area contributed by atoms with Crippen LogP contribution >= 0.6 is 0 Å². The first kappa shape index (κ1) is 17.4. The molecule has 0 aromatic carbocycles. The Bertz CT molecular complexity index is 422. The van der Waals surface area contributed by atoms with Gasteiger partial charge in [0, 0.05) is 38.1 Å². The van der Waals surface area contributed by atoms with Gasteiger partial charge in [-0.15, -0.1) is 0 Å². The molecule has 21 heavy (non-hydrogen) atoms. The van der Waals surface area contributed by atoms with E-state index in [0.717, 1.165) is 18.7 Å². The van der Waals surface area contributed by atoms with Crippen molar-refractivity contribution in [1.29, 1.82) is 0 Å². The Balaban J connectivity index is 2.47. The SMILES string of the molecule is CCN(CC)C(=O)c1cc(NCCCOCCO)ccn1. The number of carbonyl (C=O) groups excluding carboxylic acids is 1. The van der Waals surface area contributed by atoms with E-state index in [-0.39, 0.29) is 12.5 Å². The number of hydrogen-bond acceptors (Lipinski definition) is 5. The Labute approximate surface area is 126 Å². The number of rotatable bonds is 10. The largest absolute Gasteiger partial charge is 0.394 e. The molecule has 0 aliphatic rings. The second kappa shape index (κ2) is 10.1. The number of ether oxygens (including phenoxy) is 1. The molecule has 0 spiro atoms. The first-order valence-electron chi connectivity index (χ1n) is 7.40. The second-order valence-electron chi connectivity index (χ2n) is 4.52. The van der Waals surface area contributed by atoms with E-state index < -0.39 is 0 Å². The maximum atomic E-state index is 12.2. The molecule has 2 N–H and O–H groups in total. The number of carbonyl (C=O) groups is 1. The number of aromatic nitrogens is 1. The Morgan fingerprint density at radius 3 is 2.81 bits per heavy atom. The maximum Gasteiger partial charge on any atom is 0.272 e. The third-order valence-corrected chi connectivity index (χ3v) is 3.06. The van der Waals surface area contributed by atoms with Crippen molar-refractivity contribution in [1.82, 2.24) is 9.88 Å². The van der Waals surface area contributed by atoms with E-state index >= 15 is 0 Å². The number of hydrogen-bond donors (Lipinski definition) is 2. The molecule has 0 bridgehead atoms. The molecule has 0 unspecified atom stereocenters. The van der Waals surface area contributed by atoms with Crippen LogP contribution in [0.25, 0.3) is 0 Å². The lowest BCUT2D eigenvalue weighted by molar-refractivity contribution is 0.0767. The van der Waals surface area contributed by atoms with Crippen molar-refractivity contribution in [3.63, 3.8) is 0 Å². The van der Waals surface area contributed by atoms with Crippen LogP contribution in [-0.4, -0.2) is 60.4 Å². The summed E-state index contributed by atoms with van der Waals surface area (Å²) in [4.78, 5) is 18.1. The van der Waals surface area contributed by atoms with Crippen LogP contribution in [0.1, 0.15) is 30.8 Å². The summed E-state index contributed by atoms with van der Waals surface area (Å²) in [5, 5.41) is 11.8. The van der Waals surface area contributed by atoms with Crippen LogP contribution in [-0.2, 0) is 4.74 Å². The van der Waals surface area contributed by atoms with Gasteiger partial charge in [-0.25, -0.2) is 0 Å². The molecule has 1 aromatic rings. The van der Waals surface area contributed by atoms with Gasteiger partial charge in [-0.1, -0.05) is 0 Å². The van der Waals surface area contributed by atoms with Gasteiger partial charge in [0.2, 0.25) is 0 Å². The average molecular weight is 295 g/mol. The molecule has 6 heteroatoms. The fourth-order valence-electron chi connectivity index (χ4n) is 1.90. The van der Waals surface area contributed by atoms with Crippen LogP contribution < -0.4 is 5.32 Å².